The van der Waals surface area contributed by atoms with Crippen LogP contribution in [0.15, 0.2) is 34.9 Å². The lowest BCUT2D eigenvalue weighted by atomic mass is 10.1. The zero-order valence-corrected chi connectivity index (χ0v) is 16.5. The van der Waals surface area contributed by atoms with Crippen molar-refractivity contribution in [2.75, 3.05) is 45.1 Å². The first-order valence-corrected chi connectivity index (χ1v) is 11.1. The molecule has 2 heterocycles. The molecule has 2 aliphatic rings. The van der Waals surface area contributed by atoms with E-state index in [0.29, 0.717) is 13.1 Å². The maximum atomic E-state index is 12.7. The molecular formula is C19H30N4O2S. The molecule has 1 fully saturated rings. The largest absolute Gasteiger partial charge is 0.370 e. The summed E-state index contributed by atoms with van der Waals surface area (Å²) in [7, 11) is -1.43. The van der Waals surface area contributed by atoms with Crippen molar-refractivity contribution in [2.45, 2.75) is 43.4 Å². The first-order chi connectivity index (χ1) is 12.6. The molecule has 7 heteroatoms. The zero-order chi connectivity index (χ0) is 18.4. The zero-order valence-electron chi connectivity index (χ0n) is 15.7. The van der Waals surface area contributed by atoms with Gasteiger partial charge in [0.25, 0.3) is 0 Å². The number of rotatable bonds is 6. The van der Waals surface area contributed by atoms with Gasteiger partial charge in [-0.3, -0.25) is 0 Å². The van der Waals surface area contributed by atoms with Crippen LogP contribution < -0.4 is 5.32 Å². The molecule has 0 spiro atoms. The summed E-state index contributed by atoms with van der Waals surface area (Å²) in [6, 6.07) is 3.43. The predicted molar refractivity (Wildman–Crippen MR) is 105 cm³/mol. The molecule has 0 saturated carbocycles. The Morgan fingerprint density at radius 1 is 1.12 bits per heavy atom. The van der Waals surface area contributed by atoms with Crippen LogP contribution in [-0.2, 0) is 10.0 Å². The summed E-state index contributed by atoms with van der Waals surface area (Å²) in [5.74, 6) is 0.733. The molecule has 1 saturated heterocycles. The fraction of sp³-hybridized carbons (Fsp3) is 0.632. The second-order valence-electron chi connectivity index (χ2n) is 7.22. The predicted octanol–water partition coefficient (Wildman–Crippen LogP) is 2.71. The normalized spacial score (nSPS) is 20.4. The van der Waals surface area contributed by atoms with Gasteiger partial charge in [0, 0.05) is 38.9 Å². The van der Waals surface area contributed by atoms with Crippen molar-refractivity contribution in [3.8, 4) is 0 Å². The highest BCUT2D eigenvalue weighted by molar-refractivity contribution is 7.89. The number of piperazine rings is 1. The Hall–Kier alpha value is -1.44. The van der Waals surface area contributed by atoms with Crippen LogP contribution >= 0.6 is 0 Å². The molecule has 144 valence electrons. The molecule has 1 aliphatic heterocycles. The summed E-state index contributed by atoms with van der Waals surface area (Å²) in [5.41, 5.74) is 1.53. The molecule has 1 N–H and O–H groups in total. The van der Waals surface area contributed by atoms with Crippen molar-refractivity contribution in [3.63, 3.8) is 0 Å². The highest BCUT2D eigenvalue weighted by atomic mass is 32.2. The molecule has 0 bridgehead atoms. The van der Waals surface area contributed by atoms with E-state index in [1.54, 1.807) is 16.4 Å². The highest BCUT2D eigenvalue weighted by Crippen LogP contribution is 2.20. The Morgan fingerprint density at radius 2 is 1.92 bits per heavy atom. The van der Waals surface area contributed by atoms with Crippen molar-refractivity contribution in [2.24, 2.45) is 0 Å². The first kappa shape index (κ1) is 19.3. The van der Waals surface area contributed by atoms with Crippen LogP contribution in [0.25, 0.3) is 0 Å². The van der Waals surface area contributed by atoms with E-state index < -0.39 is 10.0 Å². The van der Waals surface area contributed by atoms with Crippen molar-refractivity contribution in [3.05, 3.63) is 30.0 Å². The van der Waals surface area contributed by atoms with Crippen molar-refractivity contribution in [1.29, 1.82) is 0 Å². The summed E-state index contributed by atoms with van der Waals surface area (Å²) in [6.07, 6.45) is 11.2. The van der Waals surface area contributed by atoms with Gasteiger partial charge in [0.15, 0.2) is 0 Å². The maximum absolute atomic E-state index is 12.7. The van der Waals surface area contributed by atoms with Gasteiger partial charge in [-0.15, -0.1) is 0 Å². The summed E-state index contributed by atoms with van der Waals surface area (Å²) < 4.78 is 26.9. The number of hydrogen-bond acceptors (Lipinski definition) is 5. The fourth-order valence-corrected chi connectivity index (χ4v) is 4.84. The third-order valence-corrected chi connectivity index (χ3v) is 7.11. The van der Waals surface area contributed by atoms with E-state index in [0.717, 1.165) is 31.9 Å². The van der Waals surface area contributed by atoms with Gasteiger partial charge in [-0.05, 0) is 51.3 Å². The molecule has 6 nitrogen and oxygen atoms in total. The van der Waals surface area contributed by atoms with Gasteiger partial charge in [-0.2, -0.15) is 4.31 Å². The third-order valence-electron chi connectivity index (χ3n) is 5.22. The summed E-state index contributed by atoms with van der Waals surface area (Å²) in [5, 5.41) is 3.31. The number of allylic oxidation sites excluding steroid dienone is 1. The SMILES string of the molecule is CN1CCN(S(=O)(=O)c2ccc(NCCC3=CCCCCC3)nc2)CC1. The van der Waals surface area contributed by atoms with Crippen molar-refractivity contribution >= 4 is 15.8 Å². The highest BCUT2D eigenvalue weighted by Gasteiger charge is 2.27. The third kappa shape index (κ3) is 5.05. The van der Waals surface area contributed by atoms with E-state index in [4.69, 9.17) is 0 Å². The average Bonchev–Trinajstić information content (AvgIpc) is 2.91. The second-order valence-corrected chi connectivity index (χ2v) is 9.16. The van der Waals surface area contributed by atoms with Crippen LogP contribution in [0, 0.1) is 0 Å². The lowest BCUT2D eigenvalue weighted by Crippen LogP contribution is -2.47. The number of aromatic nitrogens is 1. The van der Waals surface area contributed by atoms with E-state index in [1.165, 1.54) is 43.9 Å². The van der Waals surface area contributed by atoms with E-state index in [1.807, 2.05) is 7.05 Å². The lowest BCUT2D eigenvalue weighted by molar-refractivity contribution is 0.222. The Kier molecular flexibility index (Phi) is 6.67. The van der Waals surface area contributed by atoms with Crippen LogP contribution in [-0.4, -0.2) is 62.4 Å². The van der Waals surface area contributed by atoms with Gasteiger partial charge in [0.05, 0.1) is 0 Å². The molecule has 1 aliphatic carbocycles. The number of sulfonamides is 1. The Morgan fingerprint density at radius 3 is 2.65 bits per heavy atom. The van der Waals surface area contributed by atoms with Crippen molar-refractivity contribution < 1.29 is 8.42 Å². The smallest absolute Gasteiger partial charge is 0.244 e. The minimum Gasteiger partial charge on any atom is -0.370 e. The summed E-state index contributed by atoms with van der Waals surface area (Å²) in [6.45, 7) is 3.44. The topological polar surface area (TPSA) is 65.5 Å². The number of nitrogens with zero attached hydrogens (tertiary/aromatic N) is 3. The van der Waals surface area contributed by atoms with Crippen LogP contribution in [0.2, 0.25) is 0 Å². The number of pyridine rings is 1. The minimum atomic E-state index is -3.44. The standard InChI is InChI=1S/C19H30N4O2S/c1-22-12-14-23(15-13-22)26(24,25)18-8-9-19(21-16-18)20-11-10-17-6-4-2-3-5-7-17/h6,8-9,16H,2-5,7,10-15H2,1H3,(H,20,21). The average molecular weight is 379 g/mol. The lowest BCUT2D eigenvalue weighted by Gasteiger charge is -2.31. The number of anilines is 1. The second kappa shape index (κ2) is 8.97. The molecule has 26 heavy (non-hydrogen) atoms. The molecule has 0 atom stereocenters. The van der Waals surface area contributed by atoms with Gasteiger partial charge < -0.3 is 10.2 Å². The Balaban J connectivity index is 1.53. The quantitative estimate of drug-likeness (QED) is 0.771. The van der Waals surface area contributed by atoms with Crippen LogP contribution in [0.5, 0.6) is 0 Å². The number of hydrogen-bond donors (Lipinski definition) is 1. The van der Waals surface area contributed by atoms with E-state index in [2.05, 4.69) is 21.3 Å². The maximum Gasteiger partial charge on any atom is 0.244 e. The Labute approximate surface area is 157 Å². The van der Waals surface area contributed by atoms with Crippen LogP contribution in [0.3, 0.4) is 0 Å². The van der Waals surface area contributed by atoms with E-state index in [9.17, 15) is 8.42 Å². The van der Waals surface area contributed by atoms with Gasteiger partial charge in [-0.1, -0.05) is 18.1 Å². The molecule has 0 aromatic carbocycles. The van der Waals surface area contributed by atoms with Gasteiger partial charge in [0.1, 0.15) is 10.7 Å². The van der Waals surface area contributed by atoms with Crippen LogP contribution in [0.1, 0.15) is 38.5 Å². The molecule has 3 rings (SSSR count). The summed E-state index contributed by atoms with van der Waals surface area (Å²) in [4.78, 5) is 6.73. The molecular weight excluding hydrogens is 348 g/mol. The van der Waals surface area contributed by atoms with Gasteiger partial charge >= 0.3 is 0 Å². The van der Waals surface area contributed by atoms with E-state index >= 15 is 0 Å². The fourth-order valence-electron chi connectivity index (χ4n) is 3.47. The number of nitrogens with one attached hydrogen (secondary N) is 1. The Bertz CT molecular complexity index is 708. The molecule has 0 unspecified atom stereocenters. The molecule has 0 amide bonds. The summed E-state index contributed by atoms with van der Waals surface area (Å²) >= 11 is 0. The minimum absolute atomic E-state index is 0.277. The van der Waals surface area contributed by atoms with Gasteiger partial charge in [0.2, 0.25) is 10.0 Å². The molecule has 1 aromatic rings. The molecule has 0 radical (unpaired) electrons. The van der Waals surface area contributed by atoms with Crippen molar-refractivity contribution in [1.82, 2.24) is 14.2 Å². The number of likely N-dealkylation sites (N-methyl/N-ethyl adjacent to an activating group) is 1. The van der Waals surface area contributed by atoms with Gasteiger partial charge in [-0.25, -0.2) is 13.4 Å². The van der Waals surface area contributed by atoms with Crippen LogP contribution in [0.4, 0.5) is 5.82 Å². The first-order valence-electron chi connectivity index (χ1n) is 9.62. The van der Waals surface area contributed by atoms with E-state index in [-0.39, 0.29) is 4.90 Å². The monoisotopic (exact) mass is 378 g/mol. The molecule has 1 aromatic heterocycles.